The molecule has 2 amide bonds. The maximum Gasteiger partial charge on any atom is 0.450 e. The summed E-state index contributed by atoms with van der Waals surface area (Å²) in [5.41, 5.74) is 4.07. The van der Waals surface area contributed by atoms with E-state index in [1.54, 1.807) is 67.6 Å². The van der Waals surface area contributed by atoms with Gasteiger partial charge in [0, 0.05) is 33.5 Å². The van der Waals surface area contributed by atoms with Crippen LogP contribution in [0, 0.1) is 13.8 Å². The third-order valence-corrected chi connectivity index (χ3v) is 8.83. The van der Waals surface area contributed by atoms with Crippen LogP contribution >= 0.6 is 35.1 Å². The number of carbonyl (C=O) groups is 2. The van der Waals surface area contributed by atoms with E-state index in [9.17, 15) is 35.9 Å². The summed E-state index contributed by atoms with van der Waals surface area (Å²) in [7, 11) is 0. The lowest BCUT2D eigenvalue weighted by atomic mass is 9.99. The molecule has 2 aliphatic heterocycles. The number of thioether (sulfide) groups is 2. The minimum absolute atomic E-state index is 0.0549. The minimum atomic E-state index is -4.72. The molecule has 2 N–H and O–H groups in total. The highest BCUT2D eigenvalue weighted by atomic mass is 35.5. The van der Waals surface area contributed by atoms with E-state index in [0.717, 1.165) is 40.2 Å². The van der Waals surface area contributed by atoms with Crippen molar-refractivity contribution in [1.82, 2.24) is 0 Å². The molecule has 3 aromatic carbocycles. The second-order valence-corrected chi connectivity index (χ2v) is 12.6. The summed E-state index contributed by atoms with van der Waals surface area (Å²) in [6, 6.07) is 19.1. The fourth-order valence-corrected chi connectivity index (χ4v) is 6.37. The first-order valence-corrected chi connectivity index (χ1v) is 16.2. The lowest BCUT2D eigenvalue weighted by Gasteiger charge is -2.22. The predicted octanol–water partition coefficient (Wildman–Crippen LogP) is 9.26. The van der Waals surface area contributed by atoms with Crippen LogP contribution in [0.25, 0.3) is 11.1 Å². The van der Waals surface area contributed by atoms with E-state index < -0.39 is 45.5 Å². The van der Waals surface area contributed by atoms with Crippen molar-refractivity contribution in [3.05, 3.63) is 104 Å². The number of anilines is 2. The van der Waals surface area contributed by atoms with Crippen molar-refractivity contribution in [3.8, 4) is 11.1 Å². The van der Waals surface area contributed by atoms with E-state index in [-0.39, 0.29) is 19.0 Å². The molecule has 0 unspecified atom stereocenters. The molecule has 3 aromatic rings. The highest BCUT2D eigenvalue weighted by molar-refractivity contribution is 8.04. The first kappa shape index (κ1) is 36.1. The monoisotopic (exact) mass is 716 g/mol. The number of hydrogen-bond acceptors (Lipinski definition) is 6. The van der Waals surface area contributed by atoms with Crippen molar-refractivity contribution in [1.29, 1.82) is 0 Å². The van der Waals surface area contributed by atoms with Crippen LogP contribution in [-0.4, -0.2) is 48.9 Å². The molecule has 0 bridgehead atoms. The van der Waals surface area contributed by atoms with Crippen LogP contribution < -0.4 is 10.6 Å². The molecule has 0 atom stereocenters. The van der Waals surface area contributed by atoms with E-state index in [1.165, 1.54) is 0 Å². The maximum atomic E-state index is 13.1. The summed E-state index contributed by atoms with van der Waals surface area (Å²) in [5.74, 6) is -3.49. The third kappa shape index (κ3) is 9.42. The number of alkyl halides is 6. The molecule has 0 aromatic heterocycles. The van der Waals surface area contributed by atoms with Crippen LogP contribution in [0.2, 0.25) is 5.02 Å². The molecule has 0 saturated heterocycles. The molecule has 0 fully saturated rings. The van der Waals surface area contributed by atoms with Crippen molar-refractivity contribution in [2.45, 2.75) is 26.2 Å². The number of carbonyl (C=O) groups excluding carboxylic acids is 2. The van der Waals surface area contributed by atoms with Crippen molar-refractivity contribution in [3.63, 3.8) is 0 Å². The summed E-state index contributed by atoms with van der Waals surface area (Å²) < 4.78 is 87.1. The van der Waals surface area contributed by atoms with E-state index in [2.05, 4.69) is 15.4 Å². The standard InChI is InChI=1S/C19H15ClF3NO2S.C13H12F3NO2S/c1-11-10-12(20)6-7-13(11)14-4-2-3-5-15(14)24-18(25)16-17(19(21,22)23)26-8-9-27-16;1-8-4-2-3-5-9(8)17-12(18)10-11(13(14,15)16)19-6-7-20-10/h2-7,10H,8-9H2,1H3,(H,24,25);2-5H,6-7H2,1H3,(H,17,18). The predicted molar refractivity (Wildman–Crippen MR) is 173 cm³/mol. The Morgan fingerprint density at radius 2 is 1.17 bits per heavy atom. The van der Waals surface area contributed by atoms with Gasteiger partial charge in [-0.25, -0.2) is 0 Å². The summed E-state index contributed by atoms with van der Waals surface area (Å²) in [5, 5.41) is 5.65. The molecule has 0 spiro atoms. The van der Waals surface area contributed by atoms with E-state index in [0.29, 0.717) is 27.7 Å². The smallest absolute Gasteiger partial charge is 0.450 e. The van der Waals surface area contributed by atoms with Crippen LogP contribution in [0.5, 0.6) is 0 Å². The average Bonchev–Trinajstić information content (AvgIpc) is 3.02. The molecule has 6 nitrogen and oxygen atoms in total. The van der Waals surface area contributed by atoms with Gasteiger partial charge in [-0.1, -0.05) is 54.1 Å². The van der Waals surface area contributed by atoms with Gasteiger partial charge in [0.1, 0.15) is 9.81 Å². The van der Waals surface area contributed by atoms with Crippen LogP contribution in [0.3, 0.4) is 0 Å². The first-order chi connectivity index (χ1) is 22.2. The van der Waals surface area contributed by atoms with Gasteiger partial charge in [0.05, 0.1) is 13.2 Å². The molecule has 250 valence electrons. The van der Waals surface area contributed by atoms with Crippen LogP contribution in [0.1, 0.15) is 11.1 Å². The molecule has 0 saturated carbocycles. The second kappa shape index (κ2) is 15.4. The van der Waals surface area contributed by atoms with Gasteiger partial charge in [-0.3, -0.25) is 9.59 Å². The zero-order chi connectivity index (χ0) is 34.4. The number of aryl methyl sites for hydroxylation is 2. The first-order valence-electron chi connectivity index (χ1n) is 13.8. The Hall–Kier alpha value is -3.75. The van der Waals surface area contributed by atoms with Crippen molar-refractivity contribution < 1.29 is 45.4 Å². The zero-order valence-electron chi connectivity index (χ0n) is 24.8. The molecule has 0 aliphatic carbocycles. The zero-order valence-corrected chi connectivity index (χ0v) is 27.2. The van der Waals surface area contributed by atoms with Gasteiger partial charge >= 0.3 is 12.4 Å². The quantitative estimate of drug-likeness (QED) is 0.257. The van der Waals surface area contributed by atoms with Gasteiger partial charge < -0.3 is 20.1 Å². The molecule has 2 aliphatic rings. The Labute approximate surface area is 279 Å². The minimum Gasteiger partial charge on any atom is -0.487 e. The normalized spacial score (nSPS) is 15.2. The molecular formula is C32H27ClF6N2O4S2. The number of para-hydroxylation sites is 2. The Bertz CT molecular complexity index is 1710. The van der Waals surface area contributed by atoms with E-state index in [4.69, 9.17) is 16.3 Å². The molecule has 47 heavy (non-hydrogen) atoms. The lowest BCUT2D eigenvalue weighted by Crippen LogP contribution is -2.26. The van der Waals surface area contributed by atoms with Gasteiger partial charge in [-0.05, 0) is 54.8 Å². The highest BCUT2D eigenvalue weighted by Gasteiger charge is 2.43. The number of halogens is 7. The number of amides is 2. The molecule has 5 rings (SSSR count). The van der Waals surface area contributed by atoms with E-state index in [1.807, 2.05) is 13.0 Å². The van der Waals surface area contributed by atoms with Crippen LogP contribution in [0.4, 0.5) is 37.7 Å². The summed E-state index contributed by atoms with van der Waals surface area (Å²) in [4.78, 5) is 23.7. The lowest BCUT2D eigenvalue weighted by molar-refractivity contribution is -0.133. The summed E-state index contributed by atoms with van der Waals surface area (Å²) in [6.07, 6.45) is -9.38. The Morgan fingerprint density at radius 3 is 1.68 bits per heavy atom. The van der Waals surface area contributed by atoms with Gasteiger partial charge in [0.25, 0.3) is 11.8 Å². The fourth-order valence-electron chi connectivity index (χ4n) is 4.42. The average molecular weight is 717 g/mol. The van der Waals surface area contributed by atoms with Crippen LogP contribution in [0.15, 0.2) is 88.1 Å². The molecule has 2 heterocycles. The van der Waals surface area contributed by atoms with Gasteiger partial charge in [-0.15, -0.1) is 23.5 Å². The van der Waals surface area contributed by atoms with Gasteiger partial charge in [-0.2, -0.15) is 26.3 Å². The summed E-state index contributed by atoms with van der Waals surface area (Å²) in [6.45, 7) is 3.49. The molecular weight excluding hydrogens is 690 g/mol. The van der Waals surface area contributed by atoms with Gasteiger partial charge in [0.15, 0.2) is 0 Å². The number of nitrogens with one attached hydrogen (secondary N) is 2. The maximum absolute atomic E-state index is 13.1. The van der Waals surface area contributed by atoms with Crippen molar-refractivity contribution >= 4 is 58.3 Å². The van der Waals surface area contributed by atoms with Crippen LogP contribution in [-0.2, 0) is 19.1 Å². The number of ether oxygens (including phenoxy) is 2. The summed E-state index contributed by atoms with van der Waals surface area (Å²) >= 11 is 7.68. The number of rotatable bonds is 5. The van der Waals surface area contributed by atoms with Crippen molar-refractivity contribution in [2.24, 2.45) is 0 Å². The third-order valence-electron chi connectivity index (χ3n) is 6.54. The van der Waals surface area contributed by atoms with Gasteiger partial charge in [0.2, 0.25) is 11.5 Å². The number of hydrogen-bond donors (Lipinski definition) is 2. The Balaban J connectivity index is 0.000000223. The van der Waals surface area contributed by atoms with Crippen molar-refractivity contribution in [2.75, 3.05) is 35.4 Å². The number of allylic oxidation sites excluding steroid dienone is 2. The SMILES string of the molecule is Cc1cc(Cl)ccc1-c1ccccc1NC(=O)C1=C(C(F)(F)F)OCCS1.Cc1ccccc1NC(=O)C1=C(C(F)(F)F)OCCS1. The number of benzene rings is 3. The topological polar surface area (TPSA) is 76.7 Å². The second-order valence-electron chi connectivity index (χ2n) is 9.93. The largest absolute Gasteiger partial charge is 0.487 e. The Morgan fingerprint density at radius 1 is 0.681 bits per heavy atom. The molecule has 0 radical (unpaired) electrons. The molecule has 15 heteroatoms. The van der Waals surface area contributed by atoms with E-state index >= 15 is 0 Å². The fraction of sp³-hybridized carbons (Fsp3) is 0.250. The Kier molecular flexibility index (Phi) is 11.9. The highest BCUT2D eigenvalue weighted by Crippen LogP contribution is 2.39.